The molecule has 0 spiro atoms. The van der Waals surface area contributed by atoms with Crippen molar-refractivity contribution in [3.05, 3.63) is 48.3 Å². The Balaban J connectivity index is 2.42. The SMILES string of the molecule is OCc1cccc(-c2ccccn2)n1. The number of aliphatic hydroxyl groups excluding tert-OH is 1. The molecule has 0 saturated carbocycles. The summed E-state index contributed by atoms with van der Waals surface area (Å²) in [5.41, 5.74) is 2.27. The van der Waals surface area contributed by atoms with Crippen LogP contribution in [0, 0.1) is 0 Å². The van der Waals surface area contributed by atoms with Gasteiger partial charge in [-0.3, -0.25) is 4.98 Å². The van der Waals surface area contributed by atoms with Gasteiger partial charge in [-0.2, -0.15) is 0 Å². The first-order chi connectivity index (χ1) is 6.90. The fraction of sp³-hybridized carbons (Fsp3) is 0.0909. The van der Waals surface area contributed by atoms with E-state index in [0.29, 0.717) is 5.69 Å². The third-order valence-corrected chi connectivity index (χ3v) is 1.90. The minimum Gasteiger partial charge on any atom is -0.390 e. The highest BCUT2D eigenvalue weighted by Gasteiger charge is 1.99. The maximum atomic E-state index is 8.93. The van der Waals surface area contributed by atoms with E-state index >= 15 is 0 Å². The molecule has 2 rings (SSSR count). The second kappa shape index (κ2) is 3.98. The molecule has 0 radical (unpaired) electrons. The third kappa shape index (κ3) is 1.78. The molecule has 1 N–H and O–H groups in total. The molecule has 0 aliphatic carbocycles. The summed E-state index contributed by atoms with van der Waals surface area (Å²) in [4.78, 5) is 8.43. The summed E-state index contributed by atoms with van der Waals surface area (Å²) >= 11 is 0. The molecule has 2 heterocycles. The van der Waals surface area contributed by atoms with Crippen molar-refractivity contribution < 1.29 is 5.11 Å². The highest BCUT2D eigenvalue weighted by Crippen LogP contribution is 2.13. The second-order valence-electron chi connectivity index (χ2n) is 2.89. The maximum absolute atomic E-state index is 8.93. The zero-order valence-corrected chi connectivity index (χ0v) is 7.59. The van der Waals surface area contributed by atoms with Gasteiger partial charge in [-0.25, -0.2) is 4.98 Å². The molecule has 70 valence electrons. The minimum absolute atomic E-state index is 0.0410. The summed E-state index contributed by atoms with van der Waals surface area (Å²) in [7, 11) is 0. The second-order valence-corrected chi connectivity index (χ2v) is 2.89. The monoisotopic (exact) mass is 186 g/mol. The van der Waals surface area contributed by atoms with E-state index in [1.54, 1.807) is 12.3 Å². The van der Waals surface area contributed by atoms with Crippen molar-refractivity contribution in [1.29, 1.82) is 0 Å². The van der Waals surface area contributed by atoms with Crippen LogP contribution in [-0.2, 0) is 6.61 Å². The van der Waals surface area contributed by atoms with Crippen molar-refractivity contribution >= 4 is 0 Å². The van der Waals surface area contributed by atoms with Crippen molar-refractivity contribution in [3.8, 4) is 11.4 Å². The number of pyridine rings is 2. The number of hydrogen-bond donors (Lipinski definition) is 1. The highest BCUT2D eigenvalue weighted by molar-refractivity contribution is 5.53. The molecular formula is C11H10N2O. The first-order valence-electron chi connectivity index (χ1n) is 4.38. The molecule has 3 nitrogen and oxygen atoms in total. The van der Waals surface area contributed by atoms with Gasteiger partial charge in [0.2, 0.25) is 0 Å². The molecule has 2 aromatic heterocycles. The van der Waals surface area contributed by atoms with Crippen LogP contribution in [-0.4, -0.2) is 15.1 Å². The Bertz CT molecular complexity index is 415. The summed E-state index contributed by atoms with van der Waals surface area (Å²) in [6.45, 7) is -0.0410. The summed E-state index contributed by atoms with van der Waals surface area (Å²) in [5.74, 6) is 0. The van der Waals surface area contributed by atoms with Crippen LogP contribution < -0.4 is 0 Å². The Kier molecular flexibility index (Phi) is 2.51. The minimum atomic E-state index is -0.0410. The number of rotatable bonds is 2. The standard InChI is InChI=1S/C11H10N2O/c14-8-9-4-3-6-11(13-9)10-5-1-2-7-12-10/h1-7,14H,8H2. The van der Waals surface area contributed by atoms with Crippen molar-refractivity contribution in [2.24, 2.45) is 0 Å². The largest absolute Gasteiger partial charge is 0.390 e. The summed E-state index contributed by atoms with van der Waals surface area (Å²) < 4.78 is 0. The molecule has 0 aromatic carbocycles. The van der Waals surface area contributed by atoms with Gasteiger partial charge in [-0.05, 0) is 24.3 Å². The molecule has 0 bridgehead atoms. The van der Waals surface area contributed by atoms with Crippen molar-refractivity contribution in [2.75, 3.05) is 0 Å². The van der Waals surface area contributed by atoms with Gasteiger partial charge in [0, 0.05) is 6.20 Å². The Labute approximate surface area is 82.1 Å². The van der Waals surface area contributed by atoms with Crippen LogP contribution in [0.25, 0.3) is 11.4 Å². The van der Waals surface area contributed by atoms with Gasteiger partial charge in [0.25, 0.3) is 0 Å². The molecule has 3 heteroatoms. The van der Waals surface area contributed by atoms with E-state index in [4.69, 9.17) is 5.11 Å². The normalized spacial score (nSPS) is 10.1. The van der Waals surface area contributed by atoms with E-state index in [1.165, 1.54) is 0 Å². The van der Waals surface area contributed by atoms with E-state index < -0.39 is 0 Å². The Hall–Kier alpha value is -1.74. The Morgan fingerprint density at radius 3 is 2.57 bits per heavy atom. The van der Waals surface area contributed by atoms with Gasteiger partial charge in [0.05, 0.1) is 23.7 Å². The zero-order chi connectivity index (χ0) is 9.80. The van der Waals surface area contributed by atoms with Gasteiger partial charge in [0.15, 0.2) is 0 Å². The van der Waals surface area contributed by atoms with Gasteiger partial charge in [-0.1, -0.05) is 12.1 Å². The quantitative estimate of drug-likeness (QED) is 0.775. The number of nitrogens with zero attached hydrogens (tertiary/aromatic N) is 2. The molecule has 0 amide bonds. The molecule has 2 aromatic rings. The van der Waals surface area contributed by atoms with Crippen LogP contribution in [0.5, 0.6) is 0 Å². The molecular weight excluding hydrogens is 176 g/mol. The van der Waals surface area contributed by atoms with E-state index in [2.05, 4.69) is 9.97 Å². The lowest BCUT2D eigenvalue weighted by Gasteiger charge is -2.00. The summed E-state index contributed by atoms with van der Waals surface area (Å²) in [5, 5.41) is 8.93. The van der Waals surface area contributed by atoms with Crippen LogP contribution in [0.4, 0.5) is 0 Å². The lowest BCUT2D eigenvalue weighted by molar-refractivity contribution is 0.277. The van der Waals surface area contributed by atoms with Crippen molar-refractivity contribution in [2.45, 2.75) is 6.61 Å². The average molecular weight is 186 g/mol. The Morgan fingerprint density at radius 1 is 1.00 bits per heavy atom. The first kappa shape index (κ1) is 8.84. The topological polar surface area (TPSA) is 46.0 Å². The van der Waals surface area contributed by atoms with E-state index in [1.807, 2.05) is 30.3 Å². The van der Waals surface area contributed by atoms with Gasteiger partial charge in [0.1, 0.15) is 0 Å². The average Bonchev–Trinajstić information content (AvgIpc) is 2.30. The highest BCUT2D eigenvalue weighted by atomic mass is 16.3. The smallest absolute Gasteiger partial charge is 0.0890 e. The van der Waals surface area contributed by atoms with Crippen LogP contribution >= 0.6 is 0 Å². The van der Waals surface area contributed by atoms with Crippen LogP contribution in [0.2, 0.25) is 0 Å². The Morgan fingerprint density at radius 2 is 1.86 bits per heavy atom. The molecule has 0 atom stereocenters. The van der Waals surface area contributed by atoms with Crippen LogP contribution in [0.1, 0.15) is 5.69 Å². The predicted octanol–water partition coefficient (Wildman–Crippen LogP) is 1.64. The first-order valence-corrected chi connectivity index (χ1v) is 4.38. The number of aromatic nitrogens is 2. The lowest BCUT2D eigenvalue weighted by Crippen LogP contribution is -1.92. The van der Waals surface area contributed by atoms with E-state index in [-0.39, 0.29) is 6.61 Å². The fourth-order valence-corrected chi connectivity index (χ4v) is 1.22. The summed E-state index contributed by atoms with van der Waals surface area (Å²) in [6, 6.07) is 11.2. The van der Waals surface area contributed by atoms with E-state index in [0.717, 1.165) is 11.4 Å². The number of aliphatic hydroxyl groups is 1. The molecule has 0 aliphatic rings. The maximum Gasteiger partial charge on any atom is 0.0890 e. The summed E-state index contributed by atoms with van der Waals surface area (Å²) in [6.07, 6.45) is 1.72. The molecule has 0 fully saturated rings. The lowest BCUT2D eigenvalue weighted by atomic mass is 10.2. The van der Waals surface area contributed by atoms with E-state index in [9.17, 15) is 0 Å². The van der Waals surface area contributed by atoms with Crippen LogP contribution in [0.3, 0.4) is 0 Å². The molecule has 14 heavy (non-hydrogen) atoms. The van der Waals surface area contributed by atoms with Crippen molar-refractivity contribution in [3.63, 3.8) is 0 Å². The van der Waals surface area contributed by atoms with Crippen molar-refractivity contribution in [1.82, 2.24) is 9.97 Å². The zero-order valence-electron chi connectivity index (χ0n) is 7.59. The third-order valence-electron chi connectivity index (χ3n) is 1.90. The molecule has 0 saturated heterocycles. The number of hydrogen-bond acceptors (Lipinski definition) is 3. The fourth-order valence-electron chi connectivity index (χ4n) is 1.22. The van der Waals surface area contributed by atoms with Crippen LogP contribution in [0.15, 0.2) is 42.6 Å². The molecule has 0 unspecified atom stereocenters. The van der Waals surface area contributed by atoms with Gasteiger partial charge in [-0.15, -0.1) is 0 Å². The van der Waals surface area contributed by atoms with Gasteiger partial charge >= 0.3 is 0 Å². The van der Waals surface area contributed by atoms with Gasteiger partial charge < -0.3 is 5.11 Å². The molecule has 0 aliphatic heterocycles. The predicted molar refractivity (Wildman–Crippen MR) is 53.4 cm³/mol.